The van der Waals surface area contributed by atoms with Gasteiger partial charge in [0, 0.05) is 39.3 Å². The largest absolute Gasteiger partial charge is 0.377 e. The van der Waals surface area contributed by atoms with E-state index in [4.69, 9.17) is 0 Å². The van der Waals surface area contributed by atoms with Gasteiger partial charge in [-0.25, -0.2) is 0 Å². The summed E-state index contributed by atoms with van der Waals surface area (Å²) >= 11 is 3.51. The predicted molar refractivity (Wildman–Crippen MR) is 107 cm³/mol. The molecule has 0 radical (unpaired) electrons. The van der Waals surface area contributed by atoms with E-state index in [9.17, 15) is 4.79 Å². The predicted octanol–water partition coefficient (Wildman–Crippen LogP) is 5.15. The average molecular weight is 405 g/mol. The summed E-state index contributed by atoms with van der Waals surface area (Å²) in [6.45, 7) is 0. The second kappa shape index (κ2) is 6.06. The van der Waals surface area contributed by atoms with Crippen LogP contribution < -0.4 is 5.32 Å². The van der Waals surface area contributed by atoms with Gasteiger partial charge < -0.3 is 5.32 Å². The van der Waals surface area contributed by atoms with Crippen molar-refractivity contribution in [3.05, 3.63) is 81.6 Å². The van der Waals surface area contributed by atoms with E-state index in [0.717, 1.165) is 50.6 Å². The fourth-order valence-corrected chi connectivity index (χ4v) is 4.40. The maximum atomic E-state index is 12.8. The van der Waals surface area contributed by atoms with Crippen molar-refractivity contribution < 1.29 is 4.79 Å². The lowest BCUT2D eigenvalue weighted by molar-refractivity contribution is -0.114. The Morgan fingerprint density at radius 1 is 1.04 bits per heavy atom. The molecule has 2 aliphatic rings. The van der Waals surface area contributed by atoms with Crippen LogP contribution in [0.4, 0.5) is 0 Å². The van der Waals surface area contributed by atoms with Gasteiger partial charge in [-0.2, -0.15) is 0 Å². The van der Waals surface area contributed by atoms with E-state index >= 15 is 0 Å². The molecule has 4 heteroatoms. The number of halogens is 1. The van der Waals surface area contributed by atoms with Gasteiger partial charge in [0.25, 0.3) is 0 Å². The fourth-order valence-electron chi connectivity index (χ4n) is 4.14. The van der Waals surface area contributed by atoms with Crippen LogP contribution in [-0.4, -0.2) is 10.8 Å². The zero-order valence-electron chi connectivity index (χ0n) is 14.1. The number of carbonyl (C=O) groups is 1. The number of fused-ring (bicyclic) bond motifs is 4. The fraction of sp³-hybridized carbons (Fsp3) is 0.182. The zero-order chi connectivity index (χ0) is 17.7. The molecular formula is C22H17BrN2O. The van der Waals surface area contributed by atoms with Gasteiger partial charge in [-0.1, -0.05) is 40.2 Å². The Morgan fingerprint density at radius 2 is 1.88 bits per heavy atom. The first-order valence-electron chi connectivity index (χ1n) is 8.89. The molecule has 3 aromatic rings. The topological polar surface area (TPSA) is 42.0 Å². The Hall–Kier alpha value is -2.46. The zero-order valence-corrected chi connectivity index (χ0v) is 15.7. The van der Waals surface area contributed by atoms with Crippen LogP contribution >= 0.6 is 15.9 Å². The van der Waals surface area contributed by atoms with Gasteiger partial charge in [-0.05, 0) is 48.2 Å². The average Bonchev–Trinajstić information content (AvgIpc) is 2.68. The van der Waals surface area contributed by atoms with E-state index in [-0.39, 0.29) is 11.8 Å². The number of Topliss-reactive ketones (excluding diaryl/α,β-unsaturated/α-hetero) is 1. The lowest BCUT2D eigenvalue weighted by Crippen LogP contribution is -2.32. The number of benzene rings is 2. The Kier molecular flexibility index (Phi) is 3.68. The minimum Gasteiger partial charge on any atom is -0.377 e. The van der Waals surface area contributed by atoms with Crippen molar-refractivity contribution in [1.82, 2.24) is 10.3 Å². The molecule has 5 rings (SSSR count). The molecule has 1 unspecified atom stereocenters. The maximum Gasteiger partial charge on any atom is 0.165 e. The molecule has 1 aliphatic heterocycles. The number of rotatable bonds is 1. The van der Waals surface area contributed by atoms with Crippen molar-refractivity contribution in [2.45, 2.75) is 25.3 Å². The van der Waals surface area contributed by atoms with Gasteiger partial charge in [0.1, 0.15) is 0 Å². The third kappa shape index (κ3) is 2.40. The highest BCUT2D eigenvalue weighted by Crippen LogP contribution is 2.43. The summed E-state index contributed by atoms with van der Waals surface area (Å²) in [7, 11) is 0. The highest BCUT2D eigenvalue weighted by Gasteiger charge is 2.33. The summed E-state index contributed by atoms with van der Waals surface area (Å²) in [6, 6.07) is 16.7. The lowest BCUT2D eigenvalue weighted by Gasteiger charge is -2.34. The molecule has 0 spiro atoms. The molecule has 128 valence electrons. The normalized spacial score (nSPS) is 19.1. The molecule has 0 bridgehead atoms. The molecule has 0 saturated carbocycles. The Morgan fingerprint density at radius 3 is 2.73 bits per heavy atom. The number of nitrogens with one attached hydrogen (secondary N) is 1. The van der Waals surface area contributed by atoms with Gasteiger partial charge in [-0.15, -0.1) is 0 Å². The summed E-state index contributed by atoms with van der Waals surface area (Å²) in [6.07, 6.45) is 4.26. The van der Waals surface area contributed by atoms with E-state index < -0.39 is 0 Å². The first-order valence-corrected chi connectivity index (χ1v) is 9.68. The van der Waals surface area contributed by atoms with Crippen LogP contribution in [0.3, 0.4) is 0 Å². The molecular weight excluding hydrogens is 388 g/mol. The number of pyridine rings is 1. The highest BCUT2D eigenvalue weighted by atomic mass is 79.9. The second-order valence-corrected chi connectivity index (χ2v) is 7.77. The maximum absolute atomic E-state index is 12.8. The molecule has 0 amide bonds. The van der Waals surface area contributed by atoms with Gasteiger partial charge in [0.2, 0.25) is 0 Å². The van der Waals surface area contributed by atoms with Crippen molar-refractivity contribution in [2.24, 2.45) is 0 Å². The first kappa shape index (κ1) is 15.8. The van der Waals surface area contributed by atoms with Crippen molar-refractivity contribution in [3.8, 4) is 0 Å². The smallest absolute Gasteiger partial charge is 0.165 e. The Bertz CT molecular complexity index is 1070. The molecule has 1 atom stereocenters. The lowest BCUT2D eigenvalue weighted by atomic mass is 9.79. The summed E-state index contributed by atoms with van der Waals surface area (Å²) in [4.78, 5) is 17.3. The van der Waals surface area contributed by atoms with Crippen LogP contribution in [0.15, 0.2) is 64.9 Å². The van der Waals surface area contributed by atoms with Crippen molar-refractivity contribution in [3.63, 3.8) is 0 Å². The first-order chi connectivity index (χ1) is 12.7. The van der Waals surface area contributed by atoms with Crippen molar-refractivity contribution >= 4 is 38.2 Å². The summed E-state index contributed by atoms with van der Waals surface area (Å²) in [5, 5.41) is 4.73. The third-order valence-electron chi connectivity index (χ3n) is 5.31. The minimum absolute atomic E-state index is 0.0485. The molecule has 0 saturated heterocycles. The standard InChI is InChI=1S/C22H17BrN2O/c23-14-8-6-13(7-9-14)22-16-10-11-17-15(3-2-12-24-17)20(16)21-18(25-22)4-1-5-19(21)26/h2-3,6-12,22,25H,1,4-5H2. The highest BCUT2D eigenvalue weighted by molar-refractivity contribution is 9.10. The Labute approximate surface area is 160 Å². The molecule has 2 aromatic carbocycles. The number of ketones is 1. The van der Waals surface area contributed by atoms with Crippen LogP contribution in [0.1, 0.15) is 42.0 Å². The molecule has 1 N–H and O–H groups in total. The van der Waals surface area contributed by atoms with Crippen LogP contribution in [0, 0.1) is 0 Å². The van der Waals surface area contributed by atoms with E-state index in [1.165, 1.54) is 5.56 Å². The van der Waals surface area contributed by atoms with E-state index in [1.54, 1.807) is 6.20 Å². The molecule has 2 heterocycles. The summed E-state index contributed by atoms with van der Waals surface area (Å²) in [5.41, 5.74) is 6.32. The number of allylic oxidation sites excluding steroid dienone is 2. The van der Waals surface area contributed by atoms with Crippen molar-refractivity contribution in [2.75, 3.05) is 0 Å². The molecule has 0 fully saturated rings. The van der Waals surface area contributed by atoms with E-state index in [2.05, 4.69) is 68.7 Å². The van der Waals surface area contributed by atoms with E-state index in [0.29, 0.717) is 6.42 Å². The molecule has 3 nitrogen and oxygen atoms in total. The molecule has 26 heavy (non-hydrogen) atoms. The quantitative estimate of drug-likeness (QED) is 0.609. The second-order valence-electron chi connectivity index (χ2n) is 6.86. The number of carbonyl (C=O) groups excluding carboxylic acids is 1. The van der Waals surface area contributed by atoms with Crippen LogP contribution in [0.25, 0.3) is 16.5 Å². The molecule has 1 aliphatic carbocycles. The van der Waals surface area contributed by atoms with Gasteiger partial charge in [0.15, 0.2) is 5.78 Å². The SMILES string of the molecule is O=C1CCCC2=C1c1c(ccc3ncccc13)C(c1ccc(Br)cc1)N2. The van der Waals surface area contributed by atoms with Gasteiger partial charge >= 0.3 is 0 Å². The monoisotopic (exact) mass is 404 g/mol. The molecule has 1 aromatic heterocycles. The van der Waals surface area contributed by atoms with Crippen LogP contribution in [-0.2, 0) is 4.79 Å². The minimum atomic E-state index is 0.0485. The Balaban J connectivity index is 1.80. The third-order valence-corrected chi connectivity index (χ3v) is 5.84. The number of hydrogen-bond donors (Lipinski definition) is 1. The van der Waals surface area contributed by atoms with Crippen molar-refractivity contribution in [1.29, 1.82) is 0 Å². The number of aromatic nitrogens is 1. The summed E-state index contributed by atoms with van der Waals surface area (Å²) < 4.78 is 1.06. The van der Waals surface area contributed by atoms with Crippen LogP contribution in [0.5, 0.6) is 0 Å². The number of nitrogens with zero attached hydrogens (tertiary/aromatic N) is 1. The van der Waals surface area contributed by atoms with Gasteiger partial charge in [-0.3, -0.25) is 9.78 Å². The summed E-state index contributed by atoms with van der Waals surface area (Å²) in [5.74, 6) is 0.241. The number of hydrogen-bond acceptors (Lipinski definition) is 3. The van der Waals surface area contributed by atoms with E-state index in [1.807, 2.05) is 6.07 Å². The van der Waals surface area contributed by atoms with Crippen LogP contribution in [0.2, 0.25) is 0 Å². The van der Waals surface area contributed by atoms with Gasteiger partial charge in [0.05, 0.1) is 11.6 Å².